The van der Waals surface area contributed by atoms with Crippen LogP contribution < -0.4 is 5.32 Å². The highest BCUT2D eigenvalue weighted by Crippen LogP contribution is 2.17. The molecule has 1 aromatic heterocycles. The third kappa shape index (κ3) is 5.17. The molecule has 2 rings (SSSR count). The quantitative estimate of drug-likeness (QED) is 0.616. The minimum absolute atomic E-state index is 0.192. The van der Waals surface area contributed by atoms with Gasteiger partial charge in [-0.3, -0.25) is 0 Å². The molecule has 0 amide bonds. The molecule has 0 radical (unpaired) electrons. The monoisotopic (exact) mass is 340 g/mol. The molecule has 0 bridgehead atoms. The lowest BCUT2D eigenvalue weighted by atomic mass is 10.1. The van der Waals surface area contributed by atoms with Gasteiger partial charge >= 0.3 is 11.9 Å². The Balaban J connectivity index is 2.25. The second kappa shape index (κ2) is 9.22. The number of hydrogen-bond donors (Lipinski definition) is 1. The molecule has 0 aliphatic rings. The Labute approximate surface area is 146 Å². The molecule has 0 atom stereocenters. The second-order valence-corrected chi connectivity index (χ2v) is 4.92. The molecule has 25 heavy (non-hydrogen) atoms. The maximum absolute atomic E-state index is 12.2. The highest BCUT2D eigenvalue weighted by molar-refractivity contribution is 6.16. The van der Waals surface area contributed by atoms with Crippen LogP contribution in [-0.2, 0) is 14.3 Å². The molecule has 1 N–H and O–H groups in total. The van der Waals surface area contributed by atoms with E-state index >= 15 is 0 Å². The summed E-state index contributed by atoms with van der Waals surface area (Å²) in [5, 5.41) is 2.94. The van der Waals surface area contributed by atoms with Crippen LogP contribution in [0.25, 0.3) is 5.57 Å². The molecule has 2 aromatic rings. The Morgan fingerprint density at radius 2 is 1.72 bits per heavy atom. The Morgan fingerprint density at radius 3 is 2.40 bits per heavy atom. The van der Waals surface area contributed by atoms with Crippen LogP contribution >= 0.6 is 0 Å². The molecule has 1 heterocycles. The zero-order chi connectivity index (χ0) is 18.1. The van der Waals surface area contributed by atoms with Crippen molar-refractivity contribution in [1.82, 2.24) is 4.98 Å². The minimum atomic E-state index is -0.496. The summed E-state index contributed by atoms with van der Waals surface area (Å²) in [6.07, 6.45) is 1.52. The van der Waals surface area contributed by atoms with E-state index in [0.29, 0.717) is 11.4 Å². The van der Waals surface area contributed by atoms with E-state index in [1.54, 1.807) is 32.0 Å². The average molecular weight is 340 g/mol. The van der Waals surface area contributed by atoms with Crippen molar-refractivity contribution in [2.75, 3.05) is 18.5 Å². The Kier molecular flexibility index (Phi) is 6.71. The molecule has 0 aliphatic carbocycles. The van der Waals surface area contributed by atoms with E-state index in [1.165, 1.54) is 6.20 Å². The van der Waals surface area contributed by atoms with Crippen molar-refractivity contribution < 1.29 is 19.1 Å². The van der Waals surface area contributed by atoms with Crippen LogP contribution in [0.5, 0.6) is 0 Å². The molecule has 0 aliphatic heterocycles. The molecule has 6 nitrogen and oxygen atoms in total. The predicted octanol–water partition coefficient (Wildman–Crippen LogP) is 3.27. The van der Waals surface area contributed by atoms with Crippen molar-refractivity contribution in [3.8, 4) is 0 Å². The summed E-state index contributed by atoms with van der Waals surface area (Å²) in [4.78, 5) is 28.1. The summed E-state index contributed by atoms with van der Waals surface area (Å²) in [7, 11) is 0. The van der Waals surface area contributed by atoms with Crippen molar-refractivity contribution in [3.05, 3.63) is 66.0 Å². The fraction of sp³-hybridized carbons (Fsp3) is 0.211. The third-order valence-corrected chi connectivity index (χ3v) is 3.18. The van der Waals surface area contributed by atoms with Gasteiger partial charge in [-0.15, -0.1) is 0 Å². The maximum atomic E-state index is 12.2. The average Bonchev–Trinajstić information content (AvgIpc) is 2.63. The van der Waals surface area contributed by atoms with Gasteiger partial charge in [0.15, 0.2) is 5.69 Å². The number of pyridine rings is 1. The number of ether oxygens (including phenoxy) is 2. The topological polar surface area (TPSA) is 77.5 Å². The largest absolute Gasteiger partial charge is 0.462 e. The number of nitrogens with one attached hydrogen (secondary N) is 1. The second-order valence-electron chi connectivity index (χ2n) is 4.92. The molecule has 0 unspecified atom stereocenters. The lowest BCUT2D eigenvalue weighted by Crippen LogP contribution is -2.10. The molecule has 130 valence electrons. The van der Waals surface area contributed by atoms with Crippen LogP contribution in [0.15, 0.2) is 54.7 Å². The summed E-state index contributed by atoms with van der Waals surface area (Å²) >= 11 is 0. The summed E-state index contributed by atoms with van der Waals surface area (Å²) in [6.45, 7) is 4.03. The normalized spacial score (nSPS) is 10.9. The van der Waals surface area contributed by atoms with Gasteiger partial charge in [-0.1, -0.05) is 36.4 Å². The Bertz CT molecular complexity index is 757. The lowest BCUT2D eigenvalue weighted by Gasteiger charge is -2.09. The fourth-order valence-corrected chi connectivity index (χ4v) is 2.07. The summed E-state index contributed by atoms with van der Waals surface area (Å²) in [6, 6.07) is 14.1. The number of anilines is 1. The lowest BCUT2D eigenvalue weighted by molar-refractivity contribution is -0.136. The van der Waals surface area contributed by atoms with Crippen LogP contribution in [0.1, 0.15) is 29.9 Å². The number of hydrogen-bond acceptors (Lipinski definition) is 6. The van der Waals surface area contributed by atoms with Gasteiger partial charge in [0.1, 0.15) is 5.82 Å². The minimum Gasteiger partial charge on any atom is -0.462 e. The molecule has 6 heteroatoms. The fourth-order valence-electron chi connectivity index (χ4n) is 2.07. The van der Waals surface area contributed by atoms with E-state index in [-0.39, 0.29) is 18.9 Å². The van der Waals surface area contributed by atoms with E-state index in [9.17, 15) is 9.59 Å². The molecule has 1 aromatic carbocycles. The van der Waals surface area contributed by atoms with Crippen LogP contribution in [-0.4, -0.2) is 30.1 Å². The summed E-state index contributed by atoms with van der Waals surface area (Å²) < 4.78 is 10.0. The van der Waals surface area contributed by atoms with Gasteiger partial charge in [-0.25, -0.2) is 14.6 Å². The van der Waals surface area contributed by atoms with Gasteiger partial charge < -0.3 is 14.8 Å². The van der Waals surface area contributed by atoms with Gasteiger partial charge in [0.2, 0.25) is 0 Å². The van der Waals surface area contributed by atoms with E-state index in [0.717, 1.165) is 5.56 Å². The highest BCUT2D eigenvalue weighted by atomic mass is 16.5. The summed E-state index contributed by atoms with van der Waals surface area (Å²) in [5.74, 6) is -0.519. The molecule has 0 saturated carbocycles. The van der Waals surface area contributed by atoms with Crippen molar-refractivity contribution in [2.24, 2.45) is 0 Å². The van der Waals surface area contributed by atoms with Gasteiger partial charge in [-0.05, 0) is 31.5 Å². The first-order valence-corrected chi connectivity index (χ1v) is 7.99. The number of nitrogens with zero attached hydrogens (tertiary/aromatic N) is 1. The molecule has 0 spiro atoms. The van der Waals surface area contributed by atoms with Gasteiger partial charge in [0.25, 0.3) is 0 Å². The number of carbonyl (C=O) groups excluding carboxylic acids is 2. The molecular weight excluding hydrogens is 320 g/mol. The van der Waals surface area contributed by atoms with Gasteiger partial charge in [-0.2, -0.15) is 0 Å². The first-order valence-electron chi connectivity index (χ1n) is 7.99. The molecular formula is C19H20N2O4. The SMILES string of the molecule is CCOC(=O)/C(=C\Nc1cccc(C(=O)OCC)n1)c1ccccc1. The van der Waals surface area contributed by atoms with Gasteiger partial charge in [0.05, 0.1) is 18.8 Å². The Morgan fingerprint density at radius 1 is 1.00 bits per heavy atom. The molecule has 0 fully saturated rings. The number of aromatic nitrogens is 1. The van der Waals surface area contributed by atoms with Crippen molar-refractivity contribution in [1.29, 1.82) is 0 Å². The van der Waals surface area contributed by atoms with Crippen molar-refractivity contribution in [3.63, 3.8) is 0 Å². The zero-order valence-corrected chi connectivity index (χ0v) is 14.2. The Hall–Kier alpha value is -3.15. The third-order valence-electron chi connectivity index (χ3n) is 3.18. The summed E-state index contributed by atoms with van der Waals surface area (Å²) in [5.41, 5.74) is 1.28. The maximum Gasteiger partial charge on any atom is 0.356 e. The van der Waals surface area contributed by atoms with Crippen molar-refractivity contribution >= 4 is 23.3 Å². The van der Waals surface area contributed by atoms with Crippen LogP contribution in [0, 0.1) is 0 Å². The smallest absolute Gasteiger partial charge is 0.356 e. The van der Waals surface area contributed by atoms with Gasteiger partial charge in [0, 0.05) is 6.20 Å². The molecule has 0 saturated heterocycles. The number of esters is 2. The van der Waals surface area contributed by atoms with Crippen LogP contribution in [0.3, 0.4) is 0 Å². The van der Waals surface area contributed by atoms with E-state index in [4.69, 9.17) is 9.47 Å². The zero-order valence-electron chi connectivity index (χ0n) is 14.2. The first kappa shape index (κ1) is 18.2. The first-order chi connectivity index (χ1) is 12.2. The standard InChI is InChI=1S/C19H20N2O4/c1-3-24-18(22)15(14-9-6-5-7-10-14)13-20-17-12-8-11-16(21-17)19(23)25-4-2/h5-13H,3-4H2,1-2H3,(H,20,21)/b15-13-. The van der Waals surface area contributed by atoms with Crippen molar-refractivity contribution in [2.45, 2.75) is 13.8 Å². The number of rotatable bonds is 7. The van der Waals surface area contributed by atoms with E-state index in [2.05, 4.69) is 10.3 Å². The number of benzene rings is 1. The van der Waals surface area contributed by atoms with E-state index in [1.807, 2.05) is 30.3 Å². The predicted molar refractivity (Wildman–Crippen MR) is 94.9 cm³/mol. The van der Waals surface area contributed by atoms with Crippen LogP contribution in [0.2, 0.25) is 0 Å². The number of carbonyl (C=O) groups is 2. The highest BCUT2D eigenvalue weighted by Gasteiger charge is 2.13. The van der Waals surface area contributed by atoms with E-state index < -0.39 is 11.9 Å². The van der Waals surface area contributed by atoms with Crippen LogP contribution in [0.4, 0.5) is 5.82 Å².